The maximum atomic E-state index is 12.6. The molecule has 25 heavy (non-hydrogen) atoms. The standard InChI is InChI=1S/C19H26N2O4/c1-13(2)17(22)20(3)12-14-7-9-15(10-8-14)18(23)21-11-5-4-6-16(21)19(24)25/h7-10,13,16H,4-6,11-12H2,1-3H3,(H,24,25). The van der Waals surface area contributed by atoms with E-state index in [2.05, 4.69) is 0 Å². The van der Waals surface area contributed by atoms with E-state index in [4.69, 9.17) is 0 Å². The van der Waals surface area contributed by atoms with Crippen molar-refractivity contribution in [2.45, 2.75) is 45.7 Å². The molecule has 1 atom stereocenters. The van der Waals surface area contributed by atoms with Crippen LogP contribution >= 0.6 is 0 Å². The van der Waals surface area contributed by atoms with E-state index >= 15 is 0 Å². The number of rotatable bonds is 5. The minimum atomic E-state index is -0.946. The number of aliphatic carboxylic acids is 1. The molecule has 1 aliphatic heterocycles. The van der Waals surface area contributed by atoms with Gasteiger partial charge in [0.25, 0.3) is 5.91 Å². The summed E-state index contributed by atoms with van der Waals surface area (Å²) in [6, 6.07) is 6.31. The number of carboxylic acid groups (broad SMARTS) is 1. The van der Waals surface area contributed by atoms with E-state index in [9.17, 15) is 19.5 Å². The number of nitrogens with zero attached hydrogens (tertiary/aromatic N) is 2. The highest BCUT2D eigenvalue weighted by molar-refractivity contribution is 5.96. The third-order valence-corrected chi connectivity index (χ3v) is 4.54. The number of piperidine rings is 1. The molecular weight excluding hydrogens is 320 g/mol. The molecule has 1 saturated heterocycles. The number of hydrogen-bond acceptors (Lipinski definition) is 3. The lowest BCUT2D eigenvalue weighted by atomic mass is 10.0. The van der Waals surface area contributed by atoms with Gasteiger partial charge in [-0.15, -0.1) is 0 Å². The summed E-state index contributed by atoms with van der Waals surface area (Å²) in [5.41, 5.74) is 1.41. The number of benzene rings is 1. The third kappa shape index (κ3) is 4.59. The summed E-state index contributed by atoms with van der Waals surface area (Å²) >= 11 is 0. The minimum absolute atomic E-state index is 0.0575. The molecule has 1 aromatic rings. The lowest BCUT2D eigenvalue weighted by Gasteiger charge is -2.33. The first-order chi connectivity index (χ1) is 11.8. The van der Waals surface area contributed by atoms with Crippen molar-refractivity contribution in [3.63, 3.8) is 0 Å². The van der Waals surface area contributed by atoms with Crippen LogP contribution in [0.2, 0.25) is 0 Å². The highest BCUT2D eigenvalue weighted by Crippen LogP contribution is 2.20. The molecule has 136 valence electrons. The number of carbonyl (C=O) groups is 3. The molecule has 1 unspecified atom stereocenters. The fourth-order valence-corrected chi connectivity index (χ4v) is 3.14. The number of amides is 2. The highest BCUT2D eigenvalue weighted by Gasteiger charge is 2.32. The van der Waals surface area contributed by atoms with Crippen LogP contribution in [0.3, 0.4) is 0 Å². The van der Waals surface area contributed by atoms with E-state index in [0.29, 0.717) is 25.1 Å². The molecular formula is C19H26N2O4. The lowest BCUT2D eigenvalue weighted by molar-refractivity contribution is -0.143. The van der Waals surface area contributed by atoms with Gasteiger partial charge in [-0.2, -0.15) is 0 Å². The summed E-state index contributed by atoms with van der Waals surface area (Å²) in [4.78, 5) is 39.1. The van der Waals surface area contributed by atoms with Crippen LogP contribution in [-0.4, -0.2) is 52.3 Å². The van der Waals surface area contributed by atoms with Crippen LogP contribution in [0.25, 0.3) is 0 Å². The Balaban J connectivity index is 2.07. The van der Waals surface area contributed by atoms with Gasteiger partial charge in [-0.25, -0.2) is 4.79 Å². The SMILES string of the molecule is CC(C)C(=O)N(C)Cc1ccc(C(=O)N2CCCCC2C(=O)O)cc1. The first-order valence-corrected chi connectivity index (χ1v) is 8.69. The molecule has 1 aliphatic rings. The Hall–Kier alpha value is -2.37. The maximum absolute atomic E-state index is 12.6. The molecule has 0 aliphatic carbocycles. The molecule has 0 spiro atoms. The van der Waals surface area contributed by atoms with Gasteiger partial charge in [0.2, 0.25) is 5.91 Å². The minimum Gasteiger partial charge on any atom is -0.480 e. The Morgan fingerprint density at radius 1 is 1.20 bits per heavy atom. The summed E-state index contributed by atoms with van der Waals surface area (Å²) in [6.07, 6.45) is 2.16. The average Bonchev–Trinajstić information content (AvgIpc) is 2.60. The van der Waals surface area contributed by atoms with E-state index in [1.165, 1.54) is 4.90 Å². The second kappa shape index (κ2) is 8.14. The van der Waals surface area contributed by atoms with Gasteiger partial charge in [0.1, 0.15) is 6.04 Å². The van der Waals surface area contributed by atoms with Crippen LogP contribution in [0.5, 0.6) is 0 Å². The summed E-state index contributed by atoms with van der Waals surface area (Å²) in [6.45, 7) is 4.67. The zero-order valence-corrected chi connectivity index (χ0v) is 15.1. The van der Waals surface area contributed by atoms with E-state index in [1.54, 1.807) is 24.1 Å². The molecule has 0 bridgehead atoms. The first kappa shape index (κ1) is 19.0. The summed E-state index contributed by atoms with van der Waals surface area (Å²) < 4.78 is 0. The van der Waals surface area contributed by atoms with Gasteiger partial charge in [-0.1, -0.05) is 26.0 Å². The predicted octanol–water partition coefficient (Wildman–Crippen LogP) is 2.38. The number of carbonyl (C=O) groups excluding carboxylic acids is 2. The summed E-state index contributed by atoms with van der Waals surface area (Å²) in [7, 11) is 1.76. The molecule has 1 fully saturated rings. The Labute approximate surface area is 148 Å². The Morgan fingerprint density at radius 2 is 1.84 bits per heavy atom. The van der Waals surface area contributed by atoms with Gasteiger partial charge < -0.3 is 14.9 Å². The monoisotopic (exact) mass is 346 g/mol. The largest absolute Gasteiger partial charge is 0.480 e. The highest BCUT2D eigenvalue weighted by atomic mass is 16.4. The van der Waals surface area contributed by atoms with Crippen LogP contribution in [0, 0.1) is 5.92 Å². The summed E-state index contributed by atoms with van der Waals surface area (Å²) in [5.74, 6) is -1.18. The maximum Gasteiger partial charge on any atom is 0.326 e. The predicted molar refractivity (Wildman–Crippen MR) is 94.1 cm³/mol. The number of hydrogen-bond donors (Lipinski definition) is 1. The van der Waals surface area contributed by atoms with Crippen LogP contribution < -0.4 is 0 Å². The third-order valence-electron chi connectivity index (χ3n) is 4.54. The van der Waals surface area contributed by atoms with Crippen molar-refractivity contribution in [2.75, 3.05) is 13.6 Å². The lowest BCUT2D eigenvalue weighted by Crippen LogP contribution is -2.47. The van der Waals surface area contributed by atoms with E-state index in [-0.39, 0.29) is 17.7 Å². The molecule has 0 radical (unpaired) electrons. The van der Waals surface area contributed by atoms with Crippen molar-refractivity contribution in [1.82, 2.24) is 9.80 Å². The fraction of sp³-hybridized carbons (Fsp3) is 0.526. The average molecular weight is 346 g/mol. The zero-order chi connectivity index (χ0) is 18.6. The second-order valence-electron chi connectivity index (χ2n) is 6.89. The molecule has 2 amide bonds. The van der Waals surface area contributed by atoms with Crippen molar-refractivity contribution < 1.29 is 19.5 Å². The van der Waals surface area contributed by atoms with Crippen LogP contribution in [0.4, 0.5) is 0 Å². The van der Waals surface area contributed by atoms with Crippen LogP contribution in [-0.2, 0) is 16.1 Å². The molecule has 0 aromatic heterocycles. The summed E-state index contributed by atoms with van der Waals surface area (Å²) in [5, 5.41) is 9.31. The first-order valence-electron chi connectivity index (χ1n) is 8.69. The molecule has 2 rings (SSSR count). The van der Waals surface area contributed by atoms with Crippen molar-refractivity contribution in [3.05, 3.63) is 35.4 Å². The fourth-order valence-electron chi connectivity index (χ4n) is 3.14. The van der Waals surface area contributed by atoms with E-state index < -0.39 is 12.0 Å². The van der Waals surface area contributed by atoms with Crippen molar-refractivity contribution in [1.29, 1.82) is 0 Å². The van der Waals surface area contributed by atoms with Gasteiger partial charge in [0.05, 0.1) is 0 Å². The van der Waals surface area contributed by atoms with Crippen LogP contribution in [0.15, 0.2) is 24.3 Å². The quantitative estimate of drug-likeness (QED) is 0.888. The topological polar surface area (TPSA) is 77.9 Å². The molecule has 0 saturated carbocycles. The van der Waals surface area contributed by atoms with Gasteiger partial charge in [0.15, 0.2) is 0 Å². The van der Waals surface area contributed by atoms with Crippen molar-refractivity contribution in [2.24, 2.45) is 5.92 Å². The van der Waals surface area contributed by atoms with E-state index in [1.807, 2.05) is 26.0 Å². The Bertz CT molecular complexity index is 639. The van der Waals surface area contributed by atoms with E-state index in [0.717, 1.165) is 18.4 Å². The zero-order valence-electron chi connectivity index (χ0n) is 15.1. The molecule has 1 aromatic carbocycles. The van der Waals surface area contributed by atoms with Crippen LogP contribution in [0.1, 0.15) is 49.0 Å². The molecule has 1 N–H and O–H groups in total. The second-order valence-corrected chi connectivity index (χ2v) is 6.89. The Morgan fingerprint density at radius 3 is 2.40 bits per heavy atom. The smallest absolute Gasteiger partial charge is 0.326 e. The van der Waals surface area contributed by atoms with Gasteiger partial charge >= 0.3 is 5.97 Å². The van der Waals surface area contributed by atoms with Gasteiger partial charge in [-0.05, 0) is 37.0 Å². The van der Waals surface area contributed by atoms with Crippen molar-refractivity contribution >= 4 is 17.8 Å². The Kier molecular flexibility index (Phi) is 6.17. The molecule has 1 heterocycles. The molecule has 6 heteroatoms. The normalized spacial score (nSPS) is 17.4. The van der Waals surface area contributed by atoms with Gasteiger partial charge in [-0.3, -0.25) is 9.59 Å². The number of likely N-dealkylation sites (tertiary alicyclic amines) is 1. The molecule has 6 nitrogen and oxygen atoms in total. The number of carboxylic acids is 1. The van der Waals surface area contributed by atoms with Gasteiger partial charge in [0, 0.05) is 31.6 Å². The van der Waals surface area contributed by atoms with Crippen molar-refractivity contribution in [3.8, 4) is 0 Å².